The van der Waals surface area contributed by atoms with Crippen molar-refractivity contribution in [3.63, 3.8) is 0 Å². The predicted octanol–water partition coefficient (Wildman–Crippen LogP) is 3.20. The Morgan fingerprint density at radius 3 is 2.44 bits per heavy atom. The molecule has 0 bridgehead atoms. The summed E-state index contributed by atoms with van der Waals surface area (Å²) >= 11 is 1.89. The second-order valence-corrected chi connectivity index (χ2v) is 6.06. The van der Waals surface area contributed by atoms with Crippen molar-refractivity contribution in [1.29, 1.82) is 0 Å². The van der Waals surface area contributed by atoms with E-state index in [0.717, 1.165) is 12.3 Å². The standard InChI is InChI=1S/C13H22N2S/c1-5-15-12(13(2,3)4)10-16-11-6-8-14-9-7-11/h6-9,12,15H,5,10H2,1-4H3. The number of nitrogens with zero attached hydrogens (tertiary/aromatic N) is 1. The Bertz CT molecular complexity index is 293. The van der Waals surface area contributed by atoms with Crippen LogP contribution in [0.25, 0.3) is 0 Å². The minimum absolute atomic E-state index is 0.302. The Balaban J connectivity index is 2.51. The molecule has 90 valence electrons. The monoisotopic (exact) mass is 238 g/mol. The molecule has 1 aromatic heterocycles. The molecule has 0 spiro atoms. The predicted molar refractivity (Wildman–Crippen MR) is 71.9 cm³/mol. The van der Waals surface area contributed by atoms with E-state index in [-0.39, 0.29) is 0 Å². The van der Waals surface area contributed by atoms with Gasteiger partial charge in [0.1, 0.15) is 0 Å². The van der Waals surface area contributed by atoms with E-state index >= 15 is 0 Å². The summed E-state index contributed by atoms with van der Waals surface area (Å²) in [7, 11) is 0. The fraction of sp³-hybridized carbons (Fsp3) is 0.615. The first kappa shape index (κ1) is 13.5. The summed E-state index contributed by atoms with van der Waals surface area (Å²) in [6.45, 7) is 10.0. The molecule has 0 saturated carbocycles. The molecule has 1 unspecified atom stereocenters. The number of hydrogen-bond donors (Lipinski definition) is 1. The maximum Gasteiger partial charge on any atom is 0.0278 e. The Labute approximate surface area is 103 Å². The summed E-state index contributed by atoms with van der Waals surface area (Å²) in [6.07, 6.45) is 3.70. The molecule has 2 nitrogen and oxygen atoms in total. The fourth-order valence-corrected chi connectivity index (χ4v) is 2.77. The Morgan fingerprint density at radius 2 is 1.94 bits per heavy atom. The van der Waals surface area contributed by atoms with Crippen molar-refractivity contribution in [1.82, 2.24) is 10.3 Å². The van der Waals surface area contributed by atoms with Crippen LogP contribution in [0.2, 0.25) is 0 Å². The van der Waals surface area contributed by atoms with Crippen LogP contribution in [0.1, 0.15) is 27.7 Å². The first-order chi connectivity index (χ1) is 7.54. The number of hydrogen-bond acceptors (Lipinski definition) is 3. The SMILES string of the molecule is CCNC(CSc1ccncc1)C(C)(C)C. The van der Waals surface area contributed by atoms with Crippen LogP contribution in [0.4, 0.5) is 0 Å². The van der Waals surface area contributed by atoms with Crippen molar-refractivity contribution < 1.29 is 0 Å². The van der Waals surface area contributed by atoms with Gasteiger partial charge in [-0.05, 0) is 24.1 Å². The van der Waals surface area contributed by atoms with Crippen molar-refractivity contribution in [2.75, 3.05) is 12.3 Å². The highest BCUT2D eigenvalue weighted by Crippen LogP contribution is 2.26. The Morgan fingerprint density at radius 1 is 1.31 bits per heavy atom. The molecule has 0 radical (unpaired) electrons. The third kappa shape index (κ3) is 4.54. The molecule has 1 aromatic rings. The number of pyridine rings is 1. The average molecular weight is 238 g/mol. The van der Waals surface area contributed by atoms with Crippen molar-refractivity contribution in [2.45, 2.75) is 38.6 Å². The van der Waals surface area contributed by atoms with Gasteiger partial charge in [0.05, 0.1) is 0 Å². The fourth-order valence-electron chi connectivity index (χ4n) is 1.48. The lowest BCUT2D eigenvalue weighted by molar-refractivity contribution is 0.295. The molecule has 0 saturated heterocycles. The zero-order valence-corrected chi connectivity index (χ0v) is 11.5. The van der Waals surface area contributed by atoms with Gasteiger partial charge < -0.3 is 5.32 Å². The van der Waals surface area contributed by atoms with Crippen molar-refractivity contribution in [3.05, 3.63) is 24.5 Å². The van der Waals surface area contributed by atoms with E-state index < -0.39 is 0 Å². The number of thioether (sulfide) groups is 1. The Hall–Kier alpha value is -0.540. The van der Waals surface area contributed by atoms with Crippen LogP contribution in [-0.2, 0) is 0 Å². The summed E-state index contributed by atoms with van der Waals surface area (Å²) in [5.41, 5.74) is 0.302. The summed E-state index contributed by atoms with van der Waals surface area (Å²) in [4.78, 5) is 5.32. The number of nitrogens with one attached hydrogen (secondary N) is 1. The minimum Gasteiger partial charge on any atom is -0.313 e. The zero-order valence-electron chi connectivity index (χ0n) is 10.7. The highest BCUT2D eigenvalue weighted by atomic mass is 32.2. The second kappa shape index (κ2) is 6.26. The maximum atomic E-state index is 4.03. The van der Waals surface area contributed by atoms with Gasteiger partial charge in [0, 0.05) is 29.1 Å². The number of rotatable bonds is 5. The zero-order chi connectivity index (χ0) is 12.0. The van der Waals surface area contributed by atoms with Gasteiger partial charge in [-0.15, -0.1) is 11.8 Å². The topological polar surface area (TPSA) is 24.9 Å². The van der Waals surface area contributed by atoms with E-state index in [0.29, 0.717) is 11.5 Å². The van der Waals surface area contributed by atoms with Crippen LogP contribution < -0.4 is 5.32 Å². The normalized spacial score (nSPS) is 13.8. The number of aromatic nitrogens is 1. The quantitative estimate of drug-likeness (QED) is 0.797. The molecule has 0 fully saturated rings. The molecule has 0 aliphatic carbocycles. The lowest BCUT2D eigenvalue weighted by Gasteiger charge is -2.31. The molecule has 0 aromatic carbocycles. The van der Waals surface area contributed by atoms with Crippen LogP contribution in [0.3, 0.4) is 0 Å². The van der Waals surface area contributed by atoms with Gasteiger partial charge in [-0.1, -0.05) is 27.7 Å². The summed E-state index contributed by atoms with van der Waals surface area (Å²) in [6, 6.07) is 4.67. The van der Waals surface area contributed by atoms with Gasteiger partial charge in [-0.25, -0.2) is 0 Å². The van der Waals surface area contributed by atoms with E-state index in [1.807, 2.05) is 24.2 Å². The summed E-state index contributed by atoms with van der Waals surface area (Å²) in [5, 5.41) is 3.56. The van der Waals surface area contributed by atoms with Gasteiger partial charge >= 0.3 is 0 Å². The van der Waals surface area contributed by atoms with Crippen LogP contribution in [0, 0.1) is 5.41 Å². The first-order valence-corrected chi connectivity index (χ1v) is 6.79. The summed E-state index contributed by atoms with van der Waals surface area (Å²) in [5.74, 6) is 1.10. The molecule has 1 N–H and O–H groups in total. The van der Waals surface area contributed by atoms with Gasteiger partial charge in [0.15, 0.2) is 0 Å². The van der Waals surface area contributed by atoms with Crippen LogP contribution >= 0.6 is 11.8 Å². The van der Waals surface area contributed by atoms with Crippen LogP contribution in [0.5, 0.6) is 0 Å². The van der Waals surface area contributed by atoms with Crippen molar-refractivity contribution in [2.24, 2.45) is 5.41 Å². The van der Waals surface area contributed by atoms with Crippen molar-refractivity contribution in [3.8, 4) is 0 Å². The molecular weight excluding hydrogens is 216 g/mol. The lowest BCUT2D eigenvalue weighted by Crippen LogP contribution is -2.42. The van der Waals surface area contributed by atoms with E-state index in [1.54, 1.807) is 0 Å². The molecule has 1 rings (SSSR count). The van der Waals surface area contributed by atoms with Crippen LogP contribution in [-0.4, -0.2) is 23.3 Å². The maximum absolute atomic E-state index is 4.03. The van der Waals surface area contributed by atoms with Crippen LogP contribution in [0.15, 0.2) is 29.4 Å². The van der Waals surface area contributed by atoms with Gasteiger partial charge in [0.25, 0.3) is 0 Å². The van der Waals surface area contributed by atoms with E-state index in [2.05, 4.69) is 50.1 Å². The van der Waals surface area contributed by atoms with Gasteiger partial charge in [-0.3, -0.25) is 4.98 Å². The molecule has 0 amide bonds. The van der Waals surface area contributed by atoms with E-state index in [9.17, 15) is 0 Å². The molecule has 1 heterocycles. The molecule has 0 aliphatic heterocycles. The largest absolute Gasteiger partial charge is 0.313 e. The van der Waals surface area contributed by atoms with E-state index in [4.69, 9.17) is 0 Å². The molecule has 3 heteroatoms. The first-order valence-electron chi connectivity index (χ1n) is 5.80. The summed E-state index contributed by atoms with van der Waals surface area (Å²) < 4.78 is 0. The Kier molecular flexibility index (Phi) is 5.29. The highest BCUT2D eigenvalue weighted by molar-refractivity contribution is 7.99. The second-order valence-electron chi connectivity index (χ2n) is 4.97. The molecule has 16 heavy (non-hydrogen) atoms. The van der Waals surface area contributed by atoms with Gasteiger partial charge in [0.2, 0.25) is 0 Å². The lowest BCUT2D eigenvalue weighted by atomic mass is 9.88. The van der Waals surface area contributed by atoms with E-state index in [1.165, 1.54) is 4.90 Å². The molecule has 1 atom stereocenters. The minimum atomic E-state index is 0.302. The average Bonchev–Trinajstić information content (AvgIpc) is 2.24. The smallest absolute Gasteiger partial charge is 0.0278 e. The van der Waals surface area contributed by atoms with Gasteiger partial charge in [-0.2, -0.15) is 0 Å². The third-order valence-corrected chi connectivity index (χ3v) is 3.67. The van der Waals surface area contributed by atoms with Crippen molar-refractivity contribution >= 4 is 11.8 Å². The molecule has 0 aliphatic rings. The molecular formula is C13H22N2S. The highest BCUT2D eigenvalue weighted by Gasteiger charge is 2.23. The third-order valence-electron chi connectivity index (χ3n) is 2.56.